The van der Waals surface area contributed by atoms with Crippen molar-refractivity contribution in [1.82, 2.24) is 4.72 Å². The summed E-state index contributed by atoms with van der Waals surface area (Å²) in [5.41, 5.74) is 7.55. The predicted molar refractivity (Wildman–Crippen MR) is 85.5 cm³/mol. The first kappa shape index (κ1) is 16.5. The molecule has 0 unspecified atom stereocenters. The van der Waals surface area contributed by atoms with E-state index in [-0.39, 0.29) is 0 Å². The third-order valence-corrected chi connectivity index (χ3v) is 5.88. The number of rotatable bonds is 6. The first-order valence-electron chi connectivity index (χ1n) is 7.82. The maximum atomic E-state index is 12.3. The van der Waals surface area contributed by atoms with Gasteiger partial charge in [-0.05, 0) is 42.5 Å². The third-order valence-electron chi connectivity index (χ3n) is 4.42. The average Bonchev–Trinajstić information content (AvgIpc) is 2.48. The van der Waals surface area contributed by atoms with Gasteiger partial charge in [0.15, 0.2) is 0 Å². The van der Waals surface area contributed by atoms with E-state index in [4.69, 9.17) is 5.73 Å². The monoisotopic (exact) mass is 310 g/mol. The molecule has 0 bridgehead atoms. The molecule has 1 aromatic rings. The molecule has 0 aliphatic heterocycles. The highest BCUT2D eigenvalue weighted by Crippen LogP contribution is 2.26. The van der Waals surface area contributed by atoms with Crippen LogP contribution in [0.15, 0.2) is 23.1 Å². The molecule has 0 aromatic heterocycles. The lowest BCUT2D eigenvalue weighted by Crippen LogP contribution is -2.27. The number of hydrogen-bond acceptors (Lipinski definition) is 3. The topological polar surface area (TPSA) is 72.2 Å². The maximum Gasteiger partial charge on any atom is 0.240 e. The smallest absolute Gasteiger partial charge is 0.240 e. The standard InChI is InChI=1S/C16H26N2O2S/c1-13-7-8-16(11-15(13)12-17)21(19,20)18-10-9-14-5-3-2-4-6-14/h7-8,11,14,18H,2-6,9-10,12,17H2,1H3. The summed E-state index contributed by atoms with van der Waals surface area (Å²) in [7, 11) is -3.42. The van der Waals surface area contributed by atoms with E-state index in [1.165, 1.54) is 32.1 Å². The Morgan fingerprint density at radius 3 is 2.62 bits per heavy atom. The highest BCUT2D eigenvalue weighted by atomic mass is 32.2. The van der Waals surface area contributed by atoms with Crippen molar-refractivity contribution in [2.75, 3.05) is 6.54 Å². The Morgan fingerprint density at radius 1 is 1.24 bits per heavy atom. The van der Waals surface area contributed by atoms with Crippen LogP contribution in [0.1, 0.15) is 49.7 Å². The Labute approximate surface area is 128 Å². The lowest BCUT2D eigenvalue weighted by atomic mass is 9.87. The van der Waals surface area contributed by atoms with Crippen LogP contribution in [0.3, 0.4) is 0 Å². The van der Waals surface area contributed by atoms with E-state index in [0.29, 0.717) is 23.9 Å². The van der Waals surface area contributed by atoms with E-state index in [1.54, 1.807) is 12.1 Å². The summed E-state index contributed by atoms with van der Waals surface area (Å²) < 4.78 is 27.3. The SMILES string of the molecule is Cc1ccc(S(=O)(=O)NCCC2CCCCC2)cc1CN. The molecule has 0 amide bonds. The largest absolute Gasteiger partial charge is 0.326 e. The Kier molecular flexibility index (Phi) is 5.79. The first-order chi connectivity index (χ1) is 10.0. The van der Waals surface area contributed by atoms with Crippen LogP contribution in [-0.2, 0) is 16.6 Å². The second-order valence-corrected chi connectivity index (χ2v) is 7.75. The summed E-state index contributed by atoms with van der Waals surface area (Å²) in [6, 6.07) is 5.15. The normalized spacial score (nSPS) is 17.0. The number of nitrogens with one attached hydrogen (secondary N) is 1. The lowest BCUT2D eigenvalue weighted by molar-refractivity contribution is 0.339. The zero-order chi connectivity index (χ0) is 15.3. The molecule has 0 spiro atoms. The second-order valence-electron chi connectivity index (χ2n) is 5.98. The fourth-order valence-corrected chi connectivity index (χ4v) is 4.09. The van der Waals surface area contributed by atoms with Gasteiger partial charge in [0.1, 0.15) is 0 Å². The van der Waals surface area contributed by atoms with E-state index in [2.05, 4.69) is 4.72 Å². The van der Waals surface area contributed by atoms with Crippen molar-refractivity contribution in [3.63, 3.8) is 0 Å². The van der Waals surface area contributed by atoms with Gasteiger partial charge in [-0.1, -0.05) is 38.2 Å². The molecule has 0 saturated heterocycles. The molecule has 4 nitrogen and oxygen atoms in total. The number of aryl methyl sites for hydroxylation is 1. The van der Waals surface area contributed by atoms with Gasteiger partial charge in [-0.3, -0.25) is 0 Å². The third kappa shape index (κ3) is 4.53. The average molecular weight is 310 g/mol. The Hall–Kier alpha value is -0.910. The maximum absolute atomic E-state index is 12.3. The Morgan fingerprint density at radius 2 is 1.95 bits per heavy atom. The van der Waals surface area contributed by atoms with Crippen molar-refractivity contribution < 1.29 is 8.42 Å². The molecule has 2 rings (SSSR count). The van der Waals surface area contributed by atoms with Crippen LogP contribution in [-0.4, -0.2) is 15.0 Å². The minimum absolute atomic E-state index is 0.317. The van der Waals surface area contributed by atoms with Crippen molar-refractivity contribution in [1.29, 1.82) is 0 Å². The quantitative estimate of drug-likeness (QED) is 0.848. The van der Waals surface area contributed by atoms with Gasteiger partial charge in [-0.15, -0.1) is 0 Å². The number of hydrogen-bond donors (Lipinski definition) is 2. The molecule has 1 aliphatic carbocycles. The molecule has 1 fully saturated rings. The lowest BCUT2D eigenvalue weighted by Gasteiger charge is -2.21. The molecule has 0 radical (unpaired) electrons. The summed E-state index contributed by atoms with van der Waals surface area (Å²) >= 11 is 0. The van der Waals surface area contributed by atoms with Crippen LogP contribution in [0.5, 0.6) is 0 Å². The van der Waals surface area contributed by atoms with Gasteiger partial charge in [0.2, 0.25) is 10.0 Å². The molecule has 0 atom stereocenters. The van der Waals surface area contributed by atoms with Crippen LogP contribution in [0.4, 0.5) is 0 Å². The Bertz CT molecular complexity index is 564. The highest BCUT2D eigenvalue weighted by molar-refractivity contribution is 7.89. The first-order valence-corrected chi connectivity index (χ1v) is 9.30. The molecule has 1 aliphatic rings. The zero-order valence-corrected chi connectivity index (χ0v) is 13.6. The van der Waals surface area contributed by atoms with E-state index in [1.807, 2.05) is 13.0 Å². The van der Waals surface area contributed by atoms with Crippen molar-refractivity contribution in [3.8, 4) is 0 Å². The summed E-state index contributed by atoms with van der Waals surface area (Å²) in [6.07, 6.45) is 7.32. The summed E-state index contributed by atoms with van der Waals surface area (Å²) in [4.78, 5) is 0.317. The summed E-state index contributed by atoms with van der Waals surface area (Å²) in [6.45, 7) is 2.82. The van der Waals surface area contributed by atoms with E-state index in [9.17, 15) is 8.42 Å². The number of nitrogens with two attached hydrogens (primary N) is 1. The number of benzene rings is 1. The van der Waals surface area contributed by atoms with Gasteiger partial charge >= 0.3 is 0 Å². The molecular weight excluding hydrogens is 284 g/mol. The van der Waals surface area contributed by atoms with Gasteiger partial charge in [0.05, 0.1) is 4.90 Å². The van der Waals surface area contributed by atoms with Gasteiger partial charge in [0, 0.05) is 13.1 Å². The number of sulfonamides is 1. The van der Waals surface area contributed by atoms with Crippen LogP contribution >= 0.6 is 0 Å². The van der Waals surface area contributed by atoms with Crippen LogP contribution in [0.2, 0.25) is 0 Å². The Balaban J connectivity index is 1.94. The molecular formula is C16H26N2O2S. The molecule has 1 aromatic carbocycles. The van der Waals surface area contributed by atoms with Gasteiger partial charge in [0.25, 0.3) is 0 Å². The summed E-state index contributed by atoms with van der Waals surface area (Å²) in [5.74, 6) is 0.680. The molecule has 118 valence electrons. The minimum atomic E-state index is -3.42. The highest BCUT2D eigenvalue weighted by Gasteiger charge is 2.17. The molecule has 21 heavy (non-hydrogen) atoms. The van der Waals surface area contributed by atoms with Crippen molar-refractivity contribution in [2.45, 2.75) is 56.9 Å². The second kappa shape index (κ2) is 7.38. The van der Waals surface area contributed by atoms with Gasteiger partial charge < -0.3 is 5.73 Å². The van der Waals surface area contributed by atoms with Crippen LogP contribution in [0.25, 0.3) is 0 Å². The molecule has 0 heterocycles. The van der Waals surface area contributed by atoms with E-state index in [0.717, 1.165) is 17.5 Å². The van der Waals surface area contributed by atoms with Crippen LogP contribution < -0.4 is 10.5 Å². The van der Waals surface area contributed by atoms with Gasteiger partial charge in [-0.2, -0.15) is 0 Å². The zero-order valence-electron chi connectivity index (χ0n) is 12.8. The van der Waals surface area contributed by atoms with Crippen molar-refractivity contribution in [2.24, 2.45) is 11.7 Å². The molecule has 1 saturated carbocycles. The molecule has 3 N–H and O–H groups in total. The summed E-state index contributed by atoms with van der Waals surface area (Å²) in [5, 5.41) is 0. The fourth-order valence-electron chi connectivity index (χ4n) is 2.99. The minimum Gasteiger partial charge on any atom is -0.326 e. The predicted octanol–water partition coefficient (Wildman–Crippen LogP) is 2.70. The van der Waals surface area contributed by atoms with Crippen LogP contribution in [0, 0.1) is 12.8 Å². The van der Waals surface area contributed by atoms with E-state index >= 15 is 0 Å². The fraction of sp³-hybridized carbons (Fsp3) is 0.625. The van der Waals surface area contributed by atoms with Crippen molar-refractivity contribution in [3.05, 3.63) is 29.3 Å². The van der Waals surface area contributed by atoms with Crippen molar-refractivity contribution >= 4 is 10.0 Å². The van der Waals surface area contributed by atoms with Gasteiger partial charge in [-0.25, -0.2) is 13.1 Å². The van der Waals surface area contributed by atoms with E-state index < -0.39 is 10.0 Å². The molecule has 5 heteroatoms.